The molecule has 0 amide bonds. The van der Waals surface area contributed by atoms with Crippen LogP contribution in [0.1, 0.15) is 0 Å². The maximum absolute atomic E-state index is 8.86. The minimum absolute atomic E-state index is 0.0694. The van der Waals surface area contributed by atoms with Crippen molar-refractivity contribution in [2.75, 3.05) is 5.32 Å². The molecule has 1 rings (SSSR count). The number of benzene rings is 1. The van der Waals surface area contributed by atoms with Crippen LogP contribution in [-0.4, -0.2) is 0 Å². The van der Waals surface area contributed by atoms with Crippen LogP contribution >= 0.6 is 31.9 Å². The smallest absolute Gasteiger partial charge is 0.163 e. The van der Waals surface area contributed by atoms with Crippen LogP contribution in [0.3, 0.4) is 0 Å². The maximum atomic E-state index is 8.86. The van der Waals surface area contributed by atoms with E-state index in [1.807, 2.05) is 6.07 Å². The van der Waals surface area contributed by atoms with E-state index in [0.29, 0.717) is 5.69 Å². The standard InChI is InChI=1S/C11H4Br2N4/c12-8-1-9(13)3-10(2-8)17-11(6-16)7(4-14)5-15/h1-3,17H. The van der Waals surface area contributed by atoms with Gasteiger partial charge in [0.1, 0.15) is 23.9 Å². The van der Waals surface area contributed by atoms with Crippen molar-refractivity contribution in [3.63, 3.8) is 0 Å². The van der Waals surface area contributed by atoms with Gasteiger partial charge in [0.05, 0.1) is 0 Å². The van der Waals surface area contributed by atoms with Crippen molar-refractivity contribution in [2.45, 2.75) is 0 Å². The van der Waals surface area contributed by atoms with Gasteiger partial charge in [-0.3, -0.25) is 0 Å². The Morgan fingerprint density at radius 3 is 1.88 bits per heavy atom. The lowest BCUT2D eigenvalue weighted by Gasteiger charge is -2.05. The van der Waals surface area contributed by atoms with E-state index in [4.69, 9.17) is 15.8 Å². The third-order valence-corrected chi connectivity index (χ3v) is 2.63. The third-order valence-electron chi connectivity index (χ3n) is 1.72. The molecule has 0 saturated heterocycles. The topological polar surface area (TPSA) is 83.4 Å². The number of hydrogen-bond acceptors (Lipinski definition) is 4. The fraction of sp³-hybridized carbons (Fsp3) is 0. The molecule has 0 aliphatic rings. The van der Waals surface area contributed by atoms with Crippen LogP contribution in [0.5, 0.6) is 0 Å². The number of halogens is 2. The molecule has 4 nitrogen and oxygen atoms in total. The molecule has 0 spiro atoms. The van der Waals surface area contributed by atoms with Gasteiger partial charge in [0, 0.05) is 14.6 Å². The zero-order valence-electron chi connectivity index (χ0n) is 8.33. The molecular weight excluding hydrogens is 348 g/mol. The Kier molecular flexibility index (Phi) is 4.72. The van der Waals surface area contributed by atoms with Gasteiger partial charge in [-0.15, -0.1) is 0 Å². The molecule has 0 aliphatic carbocycles. The Balaban J connectivity index is 3.15. The lowest BCUT2D eigenvalue weighted by atomic mass is 10.2. The number of allylic oxidation sites excluding steroid dienone is 2. The van der Waals surface area contributed by atoms with E-state index < -0.39 is 0 Å². The lowest BCUT2D eigenvalue weighted by molar-refractivity contribution is 1.37. The Hall–Kier alpha value is -1.81. The highest BCUT2D eigenvalue weighted by molar-refractivity contribution is 9.11. The summed E-state index contributed by atoms with van der Waals surface area (Å²) < 4.78 is 1.62. The zero-order chi connectivity index (χ0) is 12.8. The SMILES string of the molecule is N#CC(C#N)=C(C#N)Nc1cc(Br)cc(Br)c1. The van der Waals surface area contributed by atoms with Crippen LogP contribution in [0.25, 0.3) is 0 Å². The van der Waals surface area contributed by atoms with Crippen LogP contribution in [0, 0.1) is 34.0 Å². The van der Waals surface area contributed by atoms with Crippen molar-refractivity contribution >= 4 is 37.5 Å². The average molecular weight is 352 g/mol. The van der Waals surface area contributed by atoms with Crippen LogP contribution in [0.15, 0.2) is 38.4 Å². The number of rotatable bonds is 2. The van der Waals surface area contributed by atoms with Crippen LogP contribution in [0.2, 0.25) is 0 Å². The Morgan fingerprint density at radius 1 is 0.941 bits per heavy atom. The Morgan fingerprint density at radius 2 is 1.47 bits per heavy atom. The van der Waals surface area contributed by atoms with Crippen molar-refractivity contribution in [1.82, 2.24) is 0 Å². The van der Waals surface area contributed by atoms with E-state index >= 15 is 0 Å². The Bertz CT molecular complexity index is 563. The summed E-state index contributed by atoms with van der Waals surface area (Å²) in [4.78, 5) is 0. The molecule has 1 aromatic carbocycles. The van der Waals surface area contributed by atoms with Crippen molar-refractivity contribution in [3.8, 4) is 18.2 Å². The molecule has 0 fully saturated rings. The van der Waals surface area contributed by atoms with Gasteiger partial charge in [0.2, 0.25) is 0 Å². The van der Waals surface area contributed by atoms with Gasteiger partial charge < -0.3 is 5.32 Å². The lowest BCUT2D eigenvalue weighted by Crippen LogP contribution is -2.00. The largest absolute Gasteiger partial charge is 0.345 e. The summed E-state index contributed by atoms with van der Waals surface area (Å²) in [6, 6.07) is 10.4. The molecule has 0 heterocycles. The molecule has 1 aromatic rings. The normalized spacial score (nSPS) is 8.41. The van der Waals surface area contributed by atoms with Gasteiger partial charge in [-0.1, -0.05) is 31.9 Å². The molecule has 6 heteroatoms. The van der Waals surface area contributed by atoms with Crippen LogP contribution in [0.4, 0.5) is 5.69 Å². The highest BCUT2D eigenvalue weighted by Crippen LogP contribution is 2.24. The van der Waals surface area contributed by atoms with Gasteiger partial charge in [-0.05, 0) is 18.2 Å². The first kappa shape index (κ1) is 13.3. The van der Waals surface area contributed by atoms with Crippen molar-refractivity contribution in [3.05, 3.63) is 38.4 Å². The molecule has 82 valence electrons. The molecule has 1 N–H and O–H groups in total. The molecular formula is C11H4Br2N4. The summed E-state index contributed by atoms with van der Waals surface area (Å²) >= 11 is 6.59. The molecule has 0 saturated carbocycles. The number of anilines is 1. The molecule has 0 radical (unpaired) electrons. The molecule has 0 aromatic heterocycles. The van der Waals surface area contributed by atoms with Gasteiger partial charge in [-0.2, -0.15) is 15.8 Å². The van der Waals surface area contributed by atoms with Crippen molar-refractivity contribution < 1.29 is 0 Å². The third kappa shape index (κ3) is 3.60. The van der Waals surface area contributed by atoms with E-state index in [2.05, 4.69) is 37.2 Å². The summed E-state index contributed by atoms with van der Waals surface area (Å²) in [5.41, 5.74) is 0.286. The fourth-order valence-corrected chi connectivity index (χ4v) is 2.35. The van der Waals surface area contributed by atoms with E-state index in [1.54, 1.807) is 30.3 Å². The van der Waals surface area contributed by atoms with Crippen LogP contribution in [-0.2, 0) is 0 Å². The monoisotopic (exact) mass is 350 g/mol. The summed E-state index contributed by atoms with van der Waals surface area (Å²) in [6.45, 7) is 0. The quantitative estimate of drug-likeness (QED) is 0.827. The predicted molar refractivity (Wildman–Crippen MR) is 69.3 cm³/mol. The second-order valence-electron chi connectivity index (χ2n) is 2.87. The molecule has 0 bridgehead atoms. The predicted octanol–water partition coefficient (Wildman–Crippen LogP) is 3.45. The van der Waals surface area contributed by atoms with Gasteiger partial charge >= 0.3 is 0 Å². The highest BCUT2D eigenvalue weighted by atomic mass is 79.9. The number of nitrogens with zero attached hydrogens (tertiary/aromatic N) is 3. The van der Waals surface area contributed by atoms with Crippen molar-refractivity contribution in [2.24, 2.45) is 0 Å². The van der Waals surface area contributed by atoms with E-state index in [1.165, 1.54) is 0 Å². The van der Waals surface area contributed by atoms with E-state index in [-0.39, 0.29) is 11.3 Å². The van der Waals surface area contributed by atoms with Gasteiger partial charge in [0.25, 0.3) is 0 Å². The first-order valence-electron chi connectivity index (χ1n) is 4.28. The number of nitrogens with one attached hydrogen (secondary N) is 1. The minimum Gasteiger partial charge on any atom is -0.345 e. The second kappa shape index (κ2) is 6.06. The zero-order valence-corrected chi connectivity index (χ0v) is 11.5. The maximum Gasteiger partial charge on any atom is 0.163 e. The summed E-state index contributed by atoms with van der Waals surface area (Å²) in [7, 11) is 0. The van der Waals surface area contributed by atoms with Gasteiger partial charge in [0.15, 0.2) is 5.57 Å². The van der Waals surface area contributed by atoms with E-state index in [9.17, 15) is 0 Å². The van der Waals surface area contributed by atoms with Crippen molar-refractivity contribution in [1.29, 1.82) is 15.8 Å². The average Bonchev–Trinajstić information content (AvgIpc) is 2.27. The van der Waals surface area contributed by atoms with Crippen LogP contribution < -0.4 is 5.32 Å². The molecule has 0 unspecified atom stereocenters. The fourth-order valence-electron chi connectivity index (χ4n) is 1.05. The molecule has 0 aliphatic heterocycles. The second-order valence-corrected chi connectivity index (χ2v) is 4.70. The van der Waals surface area contributed by atoms with E-state index in [0.717, 1.165) is 8.95 Å². The first-order valence-corrected chi connectivity index (χ1v) is 5.87. The first-order chi connectivity index (χ1) is 8.10. The summed E-state index contributed by atoms with van der Waals surface area (Å²) in [6.07, 6.45) is 0. The highest BCUT2D eigenvalue weighted by Gasteiger charge is 2.06. The number of hydrogen-bond donors (Lipinski definition) is 1. The Labute approximate surface area is 115 Å². The van der Waals surface area contributed by atoms with Gasteiger partial charge in [-0.25, -0.2) is 0 Å². The minimum atomic E-state index is -0.247. The summed E-state index contributed by atoms with van der Waals surface area (Å²) in [5.74, 6) is 0. The summed E-state index contributed by atoms with van der Waals surface area (Å²) in [5, 5.41) is 28.9. The molecule has 17 heavy (non-hydrogen) atoms. The molecule has 0 atom stereocenters. The number of nitriles is 3.